The molecular formula is C26H32N2O2S2. The van der Waals surface area contributed by atoms with Crippen molar-refractivity contribution < 1.29 is 8.42 Å². The van der Waals surface area contributed by atoms with E-state index in [9.17, 15) is 8.42 Å². The van der Waals surface area contributed by atoms with Crippen molar-refractivity contribution >= 4 is 26.3 Å². The van der Waals surface area contributed by atoms with E-state index in [0.717, 1.165) is 52.6 Å². The number of thiazole rings is 1. The van der Waals surface area contributed by atoms with E-state index >= 15 is 0 Å². The first-order valence-electron chi connectivity index (χ1n) is 11.2. The molecule has 0 amide bonds. The largest absolute Gasteiger partial charge is 0.348 e. The topological polar surface area (TPSA) is 50.3 Å². The average Bonchev–Trinajstić information content (AvgIpc) is 3.21. The third-order valence-electron chi connectivity index (χ3n) is 6.74. The molecule has 170 valence electrons. The van der Waals surface area contributed by atoms with Gasteiger partial charge < -0.3 is 4.90 Å². The van der Waals surface area contributed by atoms with Gasteiger partial charge in [0.1, 0.15) is 0 Å². The molecule has 0 radical (unpaired) electrons. The second kappa shape index (κ2) is 8.99. The quantitative estimate of drug-likeness (QED) is 0.481. The lowest BCUT2D eigenvalue weighted by Crippen LogP contribution is -2.39. The molecule has 1 aliphatic rings. The zero-order valence-electron chi connectivity index (χ0n) is 19.6. The van der Waals surface area contributed by atoms with Crippen molar-refractivity contribution in [3.63, 3.8) is 0 Å². The van der Waals surface area contributed by atoms with Gasteiger partial charge in [-0.2, -0.15) is 0 Å². The summed E-state index contributed by atoms with van der Waals surface area (Å²) in [5.74, 6) is 0. The number of aryl methyl sites for hydroxylation is 3. The molecule has 2 heterocycles. The zero-order chi connectivity index (χ0) is 23.0. The van der Waals surface area contributed by atoms with Crippen LogP contribution in [0.15, 0.2) is 40.6 Å². The molecule has 0 unspecified atom stereocenters. The first kappa shape index (κ1) is 23.0. The third-order valence-corrected chi connectivity index (χ3v) is 10.2. The van der Waals surface area contributed by atoms with Crippen LogP contribution in [0.3, 0.4) is 0 Å². The van der Waals surface area contributed by atoms with Crippen molar-refractivity contribution in [1.29, 1.82) is 0 Å². The van der Waals surface area contributed by atoms with Gasteiger partial charge in [0.25, 0.3) is 0 Å². The molecule has 1 fully saturated rings. The van der Waals surface area contributed by atoms with Crippen LogP contribution in [0.4, 0.5) is 5.13 Å². The van der Waals surface area contributed by atoms with Gasteiger partial charge in [0.05, 0.1) is 15.8 Å². The summed E-state index contributed by atoms with van der Waals surface area (Å²) in [7, 11) is -3.36. The van der Waals surface area contributed by atoms with E-state index in [0.29, 0.717) is 17.7 Å². The van der Waals surface area contributed by atoms with Gasteiger partial charge in [0.15, 0.2) is 15.0 Å². The van der Waals surface area contributed by atoms with Crippen LogP contribution in [0.25, 0.3) is 0 Å². The lowest BCUT2D eigenvalue weighted by atomic mass is 10.0. The molecule has 32 heavy (non-hydrogen) atoms. The lowest BCUT2D eigenvalue weighted by molar-refractivity contribution is 0.528. The Morgan fingerprint density at radius 3 is 2.28 bits per heavy atom. The maximum absolute atomic E-state index is 13.6. The van der Waals surface area contributed by atoms with Gasteiger partial charge in [-0.15, -0.1) is 11.3 Å². The molecule has 0 bridgehead atoms. The fourth-order valence-corrected chi connectivity index (χ4v) is 7.90. The fourth-order valence-electron chi connectivity index (χ4n) is 4.69. The Kier molecular flexibility index (Phi) is 6.46. The maximum atomic E-state index is 13.6. The summed E-state index contributed by atoms with van der Waals surface area (Å²) in [5.41, 5.74) is 7.50. The first-order valence-corrected chi connectivity index (χ1v) is 13.7. The van der Waals surface area contributed by atoms with Crippen molar-refractivity contribution in [1.82, 2.24) is 4.98 Å². The predicted octanol–water partition coefficient (Wildman–Crippen LogP) is 5.72. The fraction of sp³-hybridized carbons (Fsp3) is 0.423. The Labute approximate surface area is 196 Å². The molecule has 0 N–H and O–H groups in total. The smallest absolute Gasteiger partial charge is 0.185 e. The molecule has 3 aromatic rings. The highest BCUT2D eigenvalue weighted by Gasteiger charge is 2.34. The molecule has 0 spiro atoms. The minimum atomic E-state index is -3.36. The molecule has 1 aliphatic heterocycles. The summed E-state index contributed by atoms with van der Waals surface area (Å²) in [6.45, 7) is 11.4. The predicted molar refractivity (Wildman–Crippen MR) is 134 cm³/mol. The molecule has 0 aliphatic carbocycles. The standard InChI is InChI=1S/C26H32N2O2S2/c1-17-7-6-8-22(13-17)15-23-16-31-26(27-23)28-11-9-24(10-12-28)32(29,30)25-20(4)18(2)14-19(3)21(25)5/h6-8,13-14,16,24H,9-12,15H2,1-5H3. The van der Waals surface area contributed by atoms with Gasteiger partial charge >= 0.3 is 0 Å². The molecule has 0 saturated carbocycles. The van der Waals surface area contributed by atoms with Crippen LogP contribution in [0, 0.1) is 34.6 Å². The van der Waals surface area contributed by atoms with Crippen molar-refractivity contribution in [2.75, 3.05) is 18.0 Å². The normalized spacial score (nSPS) is 15.3. The van der Waals surface area contributed by atoms with Gasteiger partial charge in [-0.3, -0.25) is 0 Å². The van der Waals surface area contributed by atoms with E-state index in [4.69, 9.17) is 4.98 Å². The van der Waals surface area contributed by atoms with Crippen LogP contribution >= 0.6 is 11.3 Å². The van der Waals surface area contributed by atoms with E-state index in [-0.39, 0.29) is 5.25 Å². The van der Waals surface area contributed by atoms with Crippen molar-refractivity contribution in [3.8, 4) is 0 Å². The highest BCUT2D eigenvalue weighted by atomic mass is 32.2. The number of anilines is 1. The molecular weight excluding hydrogens is 436 g/mol. The summed E-state index contributed by atoms with van der Waals surface area (Å²) in [6.07, 6.45) is 2.11. The summed E-state index contributed by atoms with van der Waals surface area (Å²) < 4.78 is 27.2. The Morgan fingerprint density at radius 2 is 1.66 bits per heavy atom. The highest BCUT2D eigenvalue weighted by molar-refractivity contribution is 7.92. The first-order chi connectivity index (χ1) is 15.2. The van der Waals surface area contributed by atoms with Crippen molar-refractivity contribution in [2.24, 2.45) is 0 Å². The lowest BCUT2D eigenvalue weighted by Gasteiger charge is -2.32. The third kappa shape index (κ3) is 4.48. The van der Waals surface area contributed by atoms with Crippen LogP contribution in [0.5, 0.6) is 0 Å². The Balaban J connectivity index is 1.46. The van der Waals surface area contributed by atoms with Crippen molar-refractivity contribution in [3.05, 3.63) is 74.8 Å². The zero-order valence-corrected chi connectivity index (χ0v) is 21.2. The molecule has 4 rings (SSSR count). The monoisotopic (exact) mass is 468 g/mol. The van der Waals surface area contributed by atoms with E-state index in [2.05, 4.69) is 47.5 Å². The molecule has 6 heteroatoms. The number of hydrogen-bond donors (Lipinski definition) is 0. The number of nitrogens with zero attached hydrogens (tertiary/aromatic N) is 2. The minimum Gasteiger partial charge on any atom is -0.348 e. The Hall–Kier alpha value is -2.18. The Bertz CT molecular complexity index is 1210. The minimum absolute atomic E-state index is 0.330. The summed E-state index contributed by atoms with van der Waals surface area (Å²) in [6, 6.07) is 10.6. The van der Waals surface area contributed by atoms with E-state index in [1.165, 1.54) is 11.1 Å². The number of rotatable bonds is 5. The molecule has 1 aromatic heterocycles. The second-order valence-corrected chi connectivity index (χ2v) is 12.1. The maximum Gasteiger partial charge on any atom is 0.185 e. The molecule has 4 nitrogen and oxygen atoms in total. The van der Waals surface area contributed by atoms with Crippen LogP contribution < -0.4 is 4.90 Å². The molecule has 0 atom stereocenters. The second-order valence-electron chi connectivity index (χ2n) is 9.11. The number of sulfone groups is 1. The highest BCUT2D eigenvalue weighted by Crippen LogP contribution is 2.34. The van der Waals surface area contributed by atoms with Crippen LogP contribution in [0.2, 0.25) is 0 Å². The number of benzene rings is 2. The van der Waals surface area contributed by atoms with E-state index in [1.807, 2.05) is 27.7 Å². The summed E-state index contributed by atoms with van der Waals surface area (Å²) in [5, 5.41) is 2.80. The van der Waals surface area contributed by atoms with E-state index in [1.54, 1.807) is 11.3 Å². The van der Waals surface area contributed by atoms with Crippen LogP contribution in [-0.2, 0) is 16.3 Å². The van der Waals surface area contributed by atoms with Crippen LogP contribution in [-0.4, -0.2) is 31.7 Å². The number of piperidine rings is 1. The number of hydrogen-bond acceptors (Lipinski definition) is 5. The van der Waals surface area contributed by atoms with Crippen LogP contribution in [0.1, 0.15) is 51.9 Å². The van der Waals surface area contributed by atoms with Crippen molar-refractivity contribution in [2.45, 2.75) is 64.0 Å². The summed E-state index contributed by atoms with van der Waals surface area (Å²) >= 11 is 1.66. The molecule has 2 aromatic carbocycles. The summed E-state index contributed by atoms with van der Waals surface area (Å²) in [4.78, 5) is 7.66. The van der Waals surface area contributed by atoms with Gasteiger partial charge in [-0.25, -0.2) is 13.4 Å². The SMILES string of the molecule is Cc1cccc(Cc2csc(N3CCC(S(=O)(=O)c4c(C)c(C)cc(C)c4C)CC3)n2)c1. The van der Waals surface area contributed by atoms with Gasteiger partial charge in [-0.1, -0.05) is 35.9 Å². The average molecular weight is 469 g/mol. The van der Waals surface area contributed by atoms with E-state index < -0.39 is 9.84 Å². The Morgan fingerprint density at radius 1 is 1.00 bits per heavy atom. The molecule has 1 saturated heterocycles. The van der Waals surface area contributed by atoms with Gasteiger partial charge in [0.2, 0.25) is 0 Å². The number of aromatic nitrogens is 1. The van der Waals surface area contributed by atoms with Gasteiger partial charge in [-0.05, 0) is 75.3 Å². The van der Waals surface area contributed by atoms with Gasteiger partial charge in [0, 0.05) is 24.9 Å².